The van der Waals surface area contributed by atoms with Gasteiger partial charge in [-0.1, -0.05) is 17.7 Å². The molecule has 2 aliphatic rings. The summed E-state index contributed by atoms with van der Waals surface area (Å²) in [6, 6.07) is 6.17. The van der Waals surface area contributed by atoms with Crippen molar-refractivity contribution >= 4 is 27.5 Å². The summed E-state index contributed by atoms with van der Waals surface area (Å²) in [6.45, 7) is 0.580. The number of halogens is 1. The molecule has 1 saturated heterocycles. The van der Waals surface area contributed by atoms with Gasteiger partial charge in [0.2, 0.25) is 15.9 Å². The maximum Gasteiger partial charge on any atom is 0.243 e. The largest absolute Gasteiger partial charge is 0.393 e. The first-order valence-electron chi connectivity index (χ1n) is 9.10. The van der Waals surface area contributed by atoms with Crippen molar-refractivity contribution in [2.24, 2.45) is 5.92 Å². The minimum absolute atomic E-state index is 0.0221. The molecule has 1 aromatic rings. The topological polar surface area (TPSA) is 86.7 Å². The Hall–Kier alpha value is -1.15. The number of aliphatic hydroxyl groups is 1. The Morgan fingerprint density at radius 1 is 1.23 bits per heavy atom. The van der Waals surface area contributed by atoms with Gasteiger partial charge in [0.25, 0.3) is 0 Å². The molecule has 1 saturated carbocycles. The third-order valence-corrected chi connectivity index (χ3v) is 7.28. The van der Waals surface area contributed by atoms with Gasteiger partial charge in [-0.05, 0) is 56.7 Å². The lowest BCUT2D eigenvalue weighted by atomic mass is 9.91. The van der Waals surface area contributed by atoms with E-state index >= 15 is 0 Å². The monoisotopic (exact) mass is 400 g/mol. The van der Waals surface area contributed by atoms with Crippen LogP contribution >= 0.6 is 11.6 Å². The fourth-order valence-electron chi connectivity index (χ4n) is 3.77. The van der Waals surface area contributed by atoms with Gasteiger partial charge in [0.1, 0.15) is 0 Å². The maximum atomic E-state index is 12.8. The Bertz CT molecular complexity index is 755. The standard InChI is InChI=1S/C18H25ClN2O4S/c19-14-5-1-8-17(10-14)26(24,25)21-9-3-4-13(12-21)18(23)20-15-6-2-7-16(22)11-15/h1,5,8,10,13,15-16,22H,2-4,6-7,9,11-12H2,(H,20,23). The molecule has 8 heteroatoms. The van der Waals surface area contributed by atoms with Gasteiger partial charge >= 0.3 is 0 Å². The van der Waals surface area contributed by atoms with Crippen molar-refractivity contribution in [3.05, 3.63) is 29.3 Å². The highest BCUT2D eigenvalue weighted by Crippen LogP contribution is 2.26. The minimum Gasteiger partial charge on any atom is -0.393 e. The molecule has 1 aliphatic carbocycles. The van der Waals surface area contributed by atoms with Crippen LogP contribution in [0.4, 0.5) is 0 Å². The van der Waals surface area contributed by atoms with E-state index in [-0.39, 0.29) is 35.4 Å². The summed E-state index contributed by atoms with van der Waals surface area (Å²) < 4.78 is 27.1. The van der Waals surface area contributed by atoms with Crippen molar-refractivity contribution in [3.8, 4) is 0 Å². The zero-order valence-electron chi connectivity index (χ0n) is 14.6. The number of nitrogens with one attached hydrogen (secondary N) is 1. The van der Waals surface area contributed by atoms with Crippen molar-refractivity contribution in [2.45, 2.75) is 55.6 Å². The molecule has 1 aliphatic heterocycles. The number of nitrogens with zero attached hydrogens (tertiary/aromatic N) is 1. The van der Waals surface area contributed by atoms with Gasteiger partial charge in [-0.2, -0.15) is 4.31 Å². The average Bonchev–Trinajstić information content (AvgIpc) is 2.62. The van der Waals surface area contributed by atoms with E-state index in [1.54, 1.807) is 12.1 Å². The first-order valence-corrected chi connectivity index (χ1v) is 10.9. The Labute approximate surface area is 159 Å². The Balaban J connectivity index is 1.66. The van der Waals surface area contributed by atoms with Crippen LogP contribution in [0.5, 0.6) is 0 Å². The molecule has 3 rings (SSSR count). The molecule has 3 unspecified atom stereocenters. The van der Waals surface area contributed by atoms with E-state index in [4.69, 9.17) is 11.6 Å². The lowest BCUT2D eigenvalue weighted by Gasteiger charge is -2.33. The van der Waals surface area contributed by atoms with Gasteiger partial charge in [0, 0.05) is 24.2 Å². The fraction of sp³-hybridized carbons (Fsp3) is 0.611. The number of carbonyl (C=O) groups is 1. The van der Waals surface area contributed by atoms with Crippen molar-refractivity contribution in [1.29, 1.82) is 0 Å². The average molecular weight is 401 g/mol. The number of rotatable bonds is 4. The van der Waals surface area contributed by atoms with E-state index in [1.807, 2.05) is 0 Å². The van der Waals surface area contributed by atoms with E-state index in [2.05, 4.69) is 5.32 Å². The molecule has 6 nitrogen and oxygen atoms in total. The normalized spacial score (nSPS) is 27.8. The molecule has 1 heterocycles. The molecule has 2 fully saturated rings. The zero-order chi connectivity index (χ0) is 18.7. The van der Waals surface area contributed by atoms with Gasteiger partial charge in [0.15, 0.2) is 0 Å². The number of hydrogen-bond acceptors (Lipinski definition) is 4. The summed E-state index contributed by atoms with van der Waals surface area (Å²) in [5.74, 6) is -0.480. The van der Waals surface area contributed by atoms with Crippen LogP contribution in [0.2, 0.25) is 5.02 Å². The number of aliphatic hydroxyl groups excluding tert-OH is 1. The van der Waals surface area contributed by atoms with Crippen molar-refractivity contribution in [3.63, 3.8) is 0 Å². The van der Waals surface area contributed by atoms with Gasteiger partial charge in [-0.25, -0.2) is 8.42 Å². The Kier molecular flexibility index (Phi) is 6.22. The molecule has 3 atom stereocenters. The zero-order valence-corrected chi connectivity index (χ0v) is 16.2. The van der Waals surface area contributed by atoms with Gasteiger partial charge < -0.3 is 10.4 Å². The molecule has 0 aromatic heterocycles. The van der Waals surface area contributed by atoms with Crippen LogP contribution in [-0.2, 0) is 14.8 Å². The summed E-state index contributed by atoms with van der Waals surface area (Å²) in [7, 11) is -3.66. The van der Waals surface area contributed by atoms with E-state index in [0.717, 1.165) is 19.3 Å². The number of sulfonamides is 1. The molecule has 0 radical (unpaired) electrons. The quantitative estimate of drug-likeness (QED) is 0.810. The Morgan fingerprint density at radius 3 is 2.77 bits per heavy atom. The highest BCUT2D eigenvalue weighted by molar-refractivity contribution is 7.89. The van der Waals surface area contributed by atoms with Crippen LogP contribution in [-0.4, -0.2) is 49.0 Å². The predicted molar refractivity (Wildman–Crippen MR) is 99.3 cm³/mol. The van der Waals surface area contributed by atoms with Crippen LogP contribution in [0.1, 0.15) is 38.5 Å². The molecular formula is C18H25ClN2O4S. The second-order valence-electron chi connectivity index (χ2n) is 7.19. The fourth-order valence-corrected chi connectivity index (χ4v) is 5.59. The smallest absolute Gasteiger partial charge is 0.243 e. The summed E-state index contributed by atoms with van der Waals surface area (Å²) in [5.41, 5.74) is 0. The lowest BCUT2D eigenvalue weighted by Crippen LogP contribution is -2.48. The molecule has 2 N–H and O–H groups in total. The second kappa shape index (κ2) is 8.25. The molecule has 1 amide bonds. The van der Waals surface area contributed by atoms with Crippen LogP contribution in [0, 0.1) is 5.92 Å². The van der Waals surface area contributed by atoms with Crippen molar-refractivity contribution in [1.82, 2.24) is 9.62 Å². The van der Waals surface area contributed by atoms with E-state index in [0.29, 0.717) is 30.8 Å². The molecule has 0 spiro atoms. The highest BCUT2D eigenvalue weighted by atomic mass is 35.5. The van der Waals surface area contributed by atoms with Crippen molar-refractivity contribution in [2.75, 3.05) is 13.1 Å². The molecule has 144 valence electrons. The van der Waals surface area contributed by atoms with Crippen LogP contribution < -0.4 is 5.32 Å². The molecular weight excluding hydrogens is 376 g/mol. The number of hydrogen-bond donors (Lipinski definition) is 2. The van der Waals surface area contributed by atoms with Gasteiger partial charge in [-0.15, -0.1) is 0 Å². The SMILES string of the molecule is O=C(NC1CCCC(O)C1)C1CCCN(S(=O)(=O)c2cccc(Cl)c2)C1. The van der Waals surface area contributed by atoms with Gasteiger partial charge in [-0.3, -0.25) is 4.79 Å². The lowest BCUT2D eigenvalue weighted by molar-refractivity contribution is -0.127. The first-order chi connectivity index (χ1) is 12.4. The number of benzene rings is 1. The van der Waals surface area contributed by atoms with Crippen molar-refractivity contribution < 1.29 is 18.3 Å². The minimum atomic E-state index is -3.66. The predicted octanol–water partition coefficient (Wildman–Crippen LogP) is 2.16. The summed E-state index contributed by atoms with van der Waals surface area (Å²) in [5, 5.41) is 13.1. The van der Waals surface area contributed by atoms with Crippen LogP contribution in [0.25, 0.3) is 0 Å². The molecule has 26 heavy (non-hydrogen) atoms. The van der Waals surface area contributed by atoms with E-state index in [1.165, 1.54) is 16.4 Å². The summed E-state index contributed by atoms with van der Waals surface area (Å²) >= 11 is 5.92. The first kappa shape index (κ1) is 19.6. The third-order valence-electron chi connectivity index (χ3n) is 5.18. The second-order valence-corrected chi connectivity index (χ2v) is 9.56. The Morgan fingerprint density at radius 2 is 2.04 bits per heavy atom. The summed E-state index contributed by atoms with van der Waals surface area (Å²) in [4.78, 5) is 12.8. The highest BCUT2D eigenvalue weighted by Gasteiger charge is 2.34. The van der Waals surface area contributed by atoms with Gasteiger partial charge in [0.05, 0.1) is 16.9 Å². The summed E-state index contributed by atoms with van der Waals surface area (Å²) in [6.07, 6.45) is 4.06. The number of carbonyl (C=O) groups excluding carboxylic acids is 1. The van der Waals surface area contributed by atoms with E-state index < -0.39 is 10.0 Å². The molecule has 1 aromatic carbocycles. The number of piperidine rings is 1. The third kappa shape index (κ3) is 4.57. The maximum absolute atomic E-state index is 12.8. The number of amides is 1. The van der Waals surface area contributed by atoms with Crippen LogP contribution in [0.3, 0.4) is 0 Å². The van der Waals surface area contributed by atoms with E-state index in [9.17, 15) is 18.3 Å². The van der Waals surface area contributed by atoms with Crippen LogP contribution in [0.15, 0.2) is 29.2 Å². The molecule has 0 bridgehead atoms.